The monoisotopic (exact) mass is 157 g/mol. The fraction of sp³-hybridized carbons (Fsp3) is 0.857. The lowest BCUT2D eigenvalue weighted by molar-refractivity contribution is -0.120. The Morgan fingerprint density at radius 3 is 2.64 bits per heavy atom. The molecule has 4 nitrogen and oxygen atoms in total. The molecular formula is C7H15N3O. The lowest BCUT2D eigenvalue weighted by atomic mass is 10.4. The predicted molar refractivity (Wildman–Crippen MR) is 42.9 cm³/mol. The molecule has 0 spiro atoms. The lowest BCUT2D eigenvalue weighted by Crippen LogP contribution is -2.38. The molecule has 0 aromatic heterocycles. The Kier molecular flexibility index (Phi) is 3.32. The zero-order valence-corrected chi connectivity index (χ0v) is 6.68. The molecule has 1 aliphatic heterocycles. The Hall–Kier alpha value is -0.610. The molecule has 1 rings (SSSR count). The van der Waals surface area contributed by atoms with Crippen LogP contribution in [-0.2, 0) is 4.79 Å². The number of amides is 1. The van der Waals surface area contributed by atoms with E-state index in [4.69, 9.17) is 5.73 Å². The molecule has 1 heterocycles. The molecule has 1 fully saturated rings. The Bertz CT molecular complexity index is 132. The summed E-state index contributed by atoms with van der Waals surface area (Å²) in [6, 6.07) is 0. The average Bonchev–Trinajstić information content (AvgIpc) is 2.52. The van der Waals surface area contributed by atoms with Crippen molar-refractivity contribution in [3.8, 4) is 0 Å². The molecule has 0 radical (unpaired) electrons. The fourth-order valence-corrected chi connectivity index (χ4v) is 1.21. The third kappa shape index (κ3) is 2.86. The second kappa shape index (κ2) is 4.31. The highest BCUT2D eigenvalue weighted by molar-refractivity contribution is 5.77. The largest absolute Gasteiger partial charge is 0.342 e. The van der Waals surface area contributed by atoms with E-state index >= 15 is 0 Å². The fourth-order valence-electron chi connectivity index (χ4n) is 1.21. The van der Waals surface area contributed by atoms with Crippen molar-refractivity contribution in [2.24, 2.45) is 5.73 Å². The van der Waals surface area contributed by atoms with E-state index in [0.717, 1.165) is 13.1 Å². The first-order valence-corrected chi connectivity index (χ1v) is 4.02. The van der Waals surface area contributed by atoms with E-state index in [9.17, 15) is 4.79 Å². The average molecular weight is 157 g/mol. The van der Waals surface area contributed by atoms with Gasteiger partial charge in [-0.1, -0.05) is 0 Å². The Balaban J connectivity index is 2.06. The molecule has 0 bridgehead atoms. The van der Waals surface area contributed by atoms with Gasteiger partial charge in [-0.05, 0) is 25.9 Å². The van der Waals surface area contributed by atoms with Gasteiger partial charge in [0.15, 0.2) is 0 Å². The standard InChI is InChI=1S/C7H15N3O/c8-5-7(11)9-6-10-3-1-2-4-10/h1-6,8H2,(H,9,11). The molecule has 3 N–H and O–H groups in total. The molecule has 4 heteroatoms. The molecule has 1 saturated heterocycles. The van der Waals surface area contributed by atoms with Crippen LogP contribution in [0.2, 0.25) is 0 Å². The van der Waals surface area contributed by atoms with Gasteiger partial charge in [0.2, 0.25) is 5.91 Å². The van der Waals surface area contributed by atoms with Gasteiger partial charge in [-0.15, -0.1) is 0 Å². The number of hydrogen-bond donors (Lipinski definition) is 2. The van der Waals surface area contributed by atoms with E-state index in [1.807, 2.05) is 0 Å². The van der Waals surface area contributed by atoms with Gasteiger partial charge >= 0.3 is 0 Å². The first-order valence-electron chi connectivity index (χ1n) is 4.02. The Morgan fingerprint density at radius 1 is 1.45 bits per heavy atom. The van der Waals surface area contributed by atoms with Crippen LogP contribution in [0.3, 0.4) is 0 Å². The summed E-state index contributed by atoms with van der Waals surface area (Å²) in [4.78, 5) is 12.9. The van der Waals surface area contributed by atoms with Crippen molar-refractivity contribution in [3.63, 3.8) is 0 Å². The molecule has 64 valence electrons. The van der Waals surface area contributed by atoms with Crippen molar-refractivity contribution in [1.82, 2.24) is 10.2 Å². The minimum Gasteiger partial charge on any atom is -0.342 e. The third-order valence-corrected chi connectivity index (χ3v) is 1.88. The van der Waals surface area contributed by atoms with Crippen molar-refractivity contribution < 1.29 is 4.79 Å². The van der Waals surface area contributed by atoms with Gasteiger partial charge in [0.25, 0.3) is 0 Å². The van der Waals surface area contributed by atoms with Crippen molar-refractivity contribution >= 4 is 5.91 Å². The van der Waals surface area contributed by atoms with Crippen molar-refractivity contribution in [3.05, 3.63) is 0 Å². The van der Waals surface area contributed by atoms with Crippen LogP contribution >= 0.6 is 0 Å². The number of rotatable bonds is 3. The Morgan fingerprint density at radius 2 is 2.09 bits per heavy atom. The number of nitrogens with one attached hydrogen (secondary N) is 1. The van der Waals surface area contributed by atoms with Gasteiger partial charge in [0, 0.05) is 0 Å². The van der Waals surface area contributed by atoms with Gasteiger partial charge in [-0.25, -0.2) is 0 Å². The van der Waals surface area contributed by atoms with E-state index in [-0.39, 0.29) is 12.5 Å². The zero-order valence-electron chi connectivity index (χ0n) is 6.68. The van der Waals surface area contributed by atoms with Crippen LogP contribution in [0, 0.1) is 0 Å². The topological polar surface area (TPSA) is 58.4 Å². The summed E-state index contributed by atoms with van der Waals surface area (Å²) in [6.45, 7) is 2.96. The van der Waals surface area contributed by atoms with E-state index in [1.165, 1.54) is 12.8 Å². The molecule has 1 amide bonds. The van der Waals surface area contributed by atoms with Crippen LogP contribution in [0.15, 0.2) is 0 Å². The summed E-state index contributed by atoms with van der Waals surface area (Å²) >= 11 is 0. The highest BCUT2D eigenvalue weighted by atomic mass is 16.1. The molecule has 0 aromatic carbocycles. The van der Waals surface area contributed by atoms with Crippen molar-refractivity contribution in [2.75, 3.05) is 26.3 Å². The number of carbonyl (C=O) groups excluding carboxylic acids is 1. The SMILES string of the molecule is NCC(=O)NCN1CCCC1. The lowest BCUT2D eigenvalue weighted by Gasteiger charge is -2.14. The smallest absolute Gasteiger partial charge is 0.234 e. The molecule has 0 aliphatic carbocycles. The van der Waals surface area contributed by atoms with Crippen molar-refractivity contribution in [2.45, 2.75) is 12.8 Å². The van der Waals surface area contributed by atoms with E-state index in [2.05, 4.69) is 10.2 Å². The maximum Gasteiger partial charge on any atom is 0.234 e. The van der Waals surface area contributed by atoms with Crippen LogP contribution in [0.4, 0.5) is 0 Å². The van der Waals surface area contributed by atoms with E-state index in [1.54, 1.807) is 0 Å². The normalized spacial score (nSPS) is 18.6. The summed E-state index contributed by atoms with van der Waals surface area (Å²) in [5.74, 6) is -0.0723. The van der Waals surface area contributed by atoms with Crippen molar-refractivity contribution in [1.29, 1.82) is 0 Å². The molecular weight excluding hydrogens is 142 g/mol. The minimum atomic E-state index is -0.0723. The highest BCUT2D eigenvalue weighted by Gasteiger charge is 2.10. The number of hydrogen-bond acceptors (Lipinski definition) is 3. The number of carbonyl (C=O) groups is 1. The first-order chi connectivity index (χ1) is 5.33. The summed E-state index contributed by atoms with van der Waals surface area (Å²) in [5, 5.41) is 2.74. The van der Waals surface area contributed by atoms with Crippen LogP contribution < -0.4 is 11.1 Å². The highest BCUT2D eigenvalue weighted by Crippen LogP contribution is 2.04. The van der Waals surface area contributed by atoms with E-state index < -0.39 is 0 Å². The number of nitrogens with two attached hydrogens (primary N) is 1. The van der Waals surface area contributed by atoms with Gasteiger partial charge < -0.3 is 11.1 Å². The summed E-state index contributed by atoms with van der Waals surface area (Å²) in [6.07, 6.45) is 2.50. The maximum atomic E-state index is 10.7. The number of nitrogens with zero attached hydrogens (tertiary/aromatic N) is 1. The molecule has 0 saturated carbocycles. The molecule has 0 aromatic rings. The summed E-state index contributed by atoms with van der Waals surface area (Å²) in [5.41, 5.74) is 5.13. The third-order valence-electron chi connectivity index (χ3n) is 1.88. The van der Waals surface area contributed by atoms with Gasteiger partial charge in [-0.3, -0.25) is 9.69 Å². The molecule has 0 unspecified atom stereocenters. The zero-order chi connectivity index (χ0) is 8.10. The Labute approximate surface area is 66.7 Å². The van der Waals surface area contributed by atoms with E-state index in [0.29, 0.717) is 6.67 Å². The minimum absolute atomic E-state index is 0.0723. The van der Waals surface area contributed by atoms with Gasteiger partial charge in [-0.2, -0.15) is 0 Å². The quantitative estimate of drug-likeness (QED) is 0.559. The van der Waals surface area contributed by atoms with Gasteiger partial charge in [0.05, 0.1) is 13.2 Å². The van der Waals surface area contributed by atoms with Crippen LogP contribution in [0.1, 0.15) is 12.8 Å². The van der Waals surface area contributed by atoms with Crippen LogP contribution in [-0.4, -0.2) is 37.1 Å². The first kappa shape index (κ1) is 8.49. The number of likely N-dealkylation sites (tertiary alicyclic amines) is 1. The van der Waals surface area contributed by atoms with Gasteiger partial charge in [0.1, 0.15) is 0 Å². The van der Waals surface area contributed by atoms with Crippen LogP contribution in [0.25, 0.3) is 0 Å². The molecule has 11 heavy (non-hydrogen) atoms. The molecule has 1 aliphatic rings. The second-order valence-corrected chi connectivity index (χ2v) is 2.79. The summed E-state index contributed by atoms with van der Waals surface area (Å²) < 4.78 is 0. The second-order valence-electron chi connectivity index (χ2n) is 2.79. The van der Waals surface area contributed by atoms with Crippen LogP contribution in [0.5, 0.6) is 0 Å². The molecule has 0 atom stereocenters. The maximum absolute atomic E-state index is 10.7. The summed E-state index contributed by atoms with van der Waals surface area (Å²) in [7, 11) is 0. The predicted octanol–water partition coefficient (Wildman–Crippen LogP) is -0.885.